The van der Waals surface area contributed by atoms with Crippen molar-refractivity contribution < 1.29 is 13.5 Å². The molecule has 0 aliphatic carbocycles. The number of hydrogen-bond acceptors (Lipinski definition) is 4. The first-order valence-corrected chi connectivity index (χ1v) is 8.15. The molecule has 1 N–H and O–H groups in total. The normalized spacial score (nSPS) is 20.6. The molecule has 1 heterocycles. The van der Waals surface area contributed by atoms with E-state index in [1.54, 1.807) is 0 Å². The Morgan fingerprint density at radius 2 is 2.20 bits per heavy atom. The number of nitrogens with zero attached hydrogens (tertiary/aromatic N) is 2. The first kappa shape index (κ1) is 15.3. The Morgan fingerprint density at radius 1 is 1.45 bits per heavy atom. The van der Waals surface area contributed by atoms with Crippen LogP contribution in [0.15, 0.2) is 23.1 Å². The van der Waals surface area contributed by atoms with Crippen LogP contribution in [0.4, 0.5) is 0 Å². The molecule has 7 heteroatoms. The number of aliphatic hydroxyl groups is 1. The molecule has 1 aliphatic rings. The summed E-state index contributed by atoms with van der Waals surface area (Å²) < 4.78 is 26.6. The Bertz CT molecular complexity index is 640. The summed E-state index contributed by atoms with van der Waals surface area (Å²) in [4.78, 5) is -0.0708. The summed E-state index contributed by atoms with van der Waals surface area (Å²) in [5, 5.41) is 18.3. The molecule has 1 unspecified atom stereocenters. The van der Waals surface area contributed by atoms with Crippen molar-refractivity contribution in [3.8, 4) is 6.07 Å². The average molecular weight is 315 g/mol. The zero-order valence-electron chi connectivity index (χ0n) is 10.8. The van der Waals surface area contributed by atoms with Gasteiger partial charge in [0.05, 0.1) is 23.3 Å². The van der Waals surface area contributed by atoms with Crippen molar-refractivity contribution in [3.05, 3.63) is 28.8 Å². The lowest BCUT2D eigenvalue weighted by molar-refractivity contribution is 0.155. The monoisotopic (exact) mass is 314 g/mol. The first-order valence-electron chi connectivity index (χ1n) is 6.33. The number of hydrogen-bond donors (Lipinski definition) is 1. The summed E-state index contributed by atoms with van der Waals surface area (Å²) in [6, 6.07) is 5.64. The maximum Gasteiger partial charge on any atom is 0.244 e. The van der Waals surface area contributed by atoms with Crippen molar-refractivity contribution in [1.29, 1.82) is 5.26 Å². The molecular formula is C13H15ClN2O3S. The number of aliphatic hydroxyl groups excluding tert-OH is 1. The van der Waals surface area contributed by atoms with Crippen molar-refractivity contribution in [2.24, 2.45) is 0 Å². The molecule has 1 atom stereocenters. The zero-order valence-corrected chi connectivity index (χ0v) is 12.4. The van der Waals surface area contributed by atoms with Crippen molar-refractivity contribution in [1.82, 2.24) is 4.31 Å². The van der Waals surface area contributed by atoms with E-state index < -0.39 is 16.1 Å². The molecule has 0 saturated carbocycles. The van der Waals surface area contributed by atoms with Crippen molar-refractivity contribution in [2.45, 2.75) is 30.2 Å². The van der Waals surface area contributed by atoms with Crippen LogP contribution in [0.3, 0.4) is 0 Å². The van der Waals surface area contributed by atoms with E-state index in [0.29, 0.717) is 13.0 Å². The summed E-state index contributed by atoms with van der Waals surface area (Å²) in [6.45, 7) is 0.148. The second kappa shape index (κ2) is 6.10. The van der Waals surface area contributed by atoms with E-state index in [1.165, 1.54) is 22.5 Å². The molecule has 0 bridgehead atoms. The fraction of sp³-hybridized carbons (Fsp3) is 0.462. The minimum atomic E-state index is -3.80. The van der Waals surface area contributed by atoms with Crippen LogP contribution in [0.2, 0.25) is 5.02 Å². The number of sulfonamides is 1. The number of piperidine rings is 1. The highest BCUT2D eigenvalue weighted by Gasteiger charge is 2.34. The van der Waals surface area contributed by atoms with Gasteiger partial charge in [0.1, 0.15) is 4.90 Å². The fourth-order valence-corrected chi connectivity index (χ4v) is 4.56. The minimum absolute atomic E-state index is 0.0708. The van der Waals surface area contributed by atoms with Crippen molar-refractivity contribution in [3.63, 3.8) is 0 Å². The largest absolute Gasteiger partial charge is 0.395 e. The molecule has 108 valence electrons. The van der Waals surface area contributed by atoms with Crippen LogP contribution in [-0.2, 0) is 10.0 Å². The lowest BCUT2D eigenvalue weighted by Gasteiger charge is -2.33. The molecule has 1 aliphatic heterocycles. The van der Waals surface area contributed by atoms with E-state index in [4.69, 9.17) is 16.9 Å². The predicted octanol–water partition coefficient (Wildman–Crippen LogP) is 1.75. The fourth-order valence-electron chi connectivity index (χ4n) is 2.37. The summed E-state index contributed by atoms with van der Waals surface area (Å²) in [6.07, 6.45) is 2.28. The molecule has 1 fully saturated rings. The molecule has 2 rings (SSSR count). The van der Waals surface area contributed by atoms with Crippen LogP contribution in [0.1, 0.15) is 24.8 Å². The van der Waals surface area contributed by atoms with Gasteiger partial charge in [0.25, 0.3) is 0 Å². The molecule has 1 aromatic rings. The third kappa shape index (κ3) is 2.81. The Balaban J connectivity index is 2.46. The van der Waals surface area contributed by atoms with Crippen LogP contribution in [0.5, 0.6) is 0 Å². The van der Waals surface area contributed by atoms with Crippen LogP contribution in [-0.4, -0.2) is 37.0 Å². The Kier molecular flexibility index (Phi) is 4.66. The Hall–Kier alpha value is -1.13. The van der Waals surface area contributed by atoms with E-state index in [-0.39, 0.29) is 22.1 Å². The Morgan fingerprint density at radius 3 is 2.85 bits per heavy atom. The third-order valence-electron chi connectivity index (χ3n) is 3.43. The van der Waals surface area contributed by atoms with Gasteiger partial charge in [-0.1, -0.05) is 18.0 Å². The molecule has 1 saturated heterocycles. The van der Waals surface area contributed by atoms with E-state index >= 15 is 0 Å². The van der Waals surface area contributed by atoms with Gasteiger partial charge in [-0.05, 0) is 31.0 Å². The number of benzene rings is 1. The summed E-state index contributed by atoms with van der Waals surface area (Å²) >= 11 is 5.97. The van der Waals surface area contributed by atoms with E-state index in [9.17, 15) is 13.5 Å². The third-order valence-corrected chi connectivity index (χ3v) is 5.86. The van der Waals surface area contributed by atoms with Crippen molar-refractivity contribution in [2.75, 3.05) is 13.2 Å². The molecule has 0 spiro atoms. The van der Waals surface area contributed by atoms with Gasteiger partial charge in [-0.2, -0.15) is 9.57 Å². The summed E-state index contributed by atoms with van der Waals surface area (Å²) in [5.74, 6) is 0. The zero-order chi connectivity index (χ0) is 14.8. The average Bonchev–Trinajstić information content (AvgIpc) is 2.47. The smallest absolute Gasteiger partial charge is 0.244 e. The molecule has 0 radical (unpaired) electrons. The lowest BCUT2D eigenvalue weighted by atomic mass is 10.1. The van der Waals surface area contributed by atoms with Crippen molar-refractivity contribution >= 4 is 21.6 Å². The van der Waals surface area contributed by atoms with Gasteiger partial charge in [-0.15, -0.1) is 0 Å². The van der Waals surface area contributed by atoms with Crippen LogP contribution < -0.4 is 0 Å². The van der Waals surface area contributed by atoms with Gasteiger partial charge in [0.2, 0.25) is 10.0 Å². The van der Waals surface area contributed by atoms with E-state index in [0.717, 1.165) is 12.8 Å². The van der Waals surface area contributed by atoms with Crippen LogP contribution in [0.25, 0.3) is 0 Å². The highest BCUT2D eigenvalue weighted by molar-refractivity contribution is 7.89. The Labute approximate surface area is 123 Å². The van der Waals surface area contributed by atoms with Gasteiger partial charge in [0, 0.05) is 12.6 Å². The molecule has 20 heavy (non-hydrogen) atoms. The van der Waals surface area contributed by atoms with E-state index in [1.807, 2.05) is 6.07 Å². The second-order valence-corrected chi connectivity index (χ2v) is 6.97. The maximum atomic E-state index is 12.7. The van der Waals surface area contributed by atoms with Crippen LogP contribution in [0, 0.1) is 11.3 Å². The number of rotatable bonds is 3. The maximum absolute atomic E-state index is 12.7. The van der Waals surface area contributed by atoms with Gasteiger partial charge in [0.15, 0.2) is 0 Å². The number of nitriles is 1. The van der Waals surface area contributed by atoms with E-state index in [2.05, 4.69) is 0 Å². The lowest BCUT2D eigenvalue weighted by Crippen LogP contribution is -2.45. The van der Waals surface area contributed by atoms with Gasteiger partial charge >= 0.3 is 0 Å². The van der Waals surface area contributed by atoms with Gasteiger partial charge in [-0.25, -0.2) is 8.42 Å². The predicted molar refractivity (Wildman–Crippen MR) is 74.8 cm³/mol. The molecule has 0 amide bonds. The topological polar surface area (TPSA) is 81.4 Å². The SMILES string of the molecule is N#Cc1ccc(Cl)c(S(=O)(=O)N2CCCCC2CO)c1. The molecule has 5 nitrogen and oxygen atoms in total. The van der Waals surface area contributed by atoms with Crippen LogP contribution >= 0.6 is 11.6 Å². The minimum Gasteiger partial charge on any atom is -0.395 e. The molecular weight excluding hydrogens is 300 g/mol. The standard InChI is InChI=1S/C13H15ClN2O3S/c14-12-5-4-10(8-15)7-13(12)20(18,19)16-6-2-1-3-11(16)9-17/h4-5,7,11,17H,1-3,6,9H2. The highest BCUT2D eigenvalue weighted by atomic mass is 35.5. The second-order valence-electron chi connectivity index (χ2n) is 4.70. The number of halogens is 1. The first-order chi connectivity index (χ1) is 9.50. The molecule has 0 aromatic heterocycles. The quantitative estimate of drug-likeness (QED) is 0.921. The van der Waals surface area contributed by atoms with Gasteiger partial charge < -0.3 is 5.11 Å². The van der Waals surface area contributed by atoms with Gasteiger partial charge in [-0.3, -0.25) is 0 Å². The summed E-state index contributed by atoms with van der Waals surface area (Å²) in [7, 11) is -3.80. The summed E-state index contributed by atoms with van der Waals surface area (Å²) in [5.41, 5.74) is 0.241. The molecule has 1 aromatic carbocycles. The highest BCUT2D eigenvalue weighted by Crippen LogP contribution is 2.30.